The molecule has 1 amide bonds. The lowest BCUT2D eigenvalue weighted by Crippen LogP contribution is -2.16. The molecule has 2 aromatic rings. The number of aromatic hydroxyl groups is 1. The smallest absolute Gasteiger partial charge is 0.224 e. The molecule has 0 heterocycles. The molecule has 0 aromatic heterocycles. The maximum absolute atomic E-state index is 11.8. The Kier molecular flexibility index (Phi) is 4.74. The summed E-state index contributed by atoms with van der Waals surface area (Å²) in [6.45, 7) is 0. The van der Waals surface area contributed by atoms with Crippen molar-refractivity contribution >= 4 is 11.6 Å². The molecule has 0 spiro atoms. The molecule has 4 N–H and O–H groups in total. The average molecular weight is 270 g/mol. The minimum absolute atomic E-state index is 0.0814. The summed E-state index contributed by atoms with van der Waals surface area (Å²) in [5, 5.41) is 11.9. The van der Waals surface area contributed by atoms with Gasteiger partial charge in [0.1, 0.15) is 5.75 Å². The highest BCUT2D eigenvalue weighted by atomic mass is 16.3. The van der Waals surface area contributed by atoms with Crippen LogP contribution >= 0.6 is 0 Å². The first-order valence-electron chi connectivity index (χ1n) is 6.54. The first-order valence-corrected chi connectivity index (χ1v) is 6.54. The van der Waals surface area contributed by atoms with Crippen LogP contribution in [-0.4, -0.2) is 11.0 Å². The Bertz CT molecular complexity index is 552. The fourth-order valence-electron chi connectivity index (χ4n) is 1.92. The maximum Gasteiger partial charge on any atom is 0.224 e. The van der Waals surface area contributed by atoms with Crippen molar-refractivity contribution in [3.05, 3.63) is 60.2 Å². The van der Waals surface area contributed by atoms with Crippen LogP contribution in [0, 0.1) is 0 Å². The summed E-state index contributed by atoms with van der Waals surface area (Å²) < 4.78 is 0. The van der Waals surface area contributed by atoms with E-state index in [1.807, 2.05) is 30.3 Å². The molecule has 0 fully saturated rings. The third-order valence-corrected chi connectivity index (χ3v) is 3.06. The van der Waals surface area contributed by atoms with Crippen molar-refractivity contribution in [1.82, 2.24) is 0 Å². The first kappa shape index (κ1) is 14.1. The number of carbonyl (C=O) groups is 1. The SMILES string of the molecule is NC(CCC(=O)Nc1ccc(O)cc1)c1ccccc1. The third kappa shape index (κ3) is 4.10. The predicted molar refractivity (Wildman–Crippen MR) is 79.3 cm³/mol. The molecule has 4 nitrogen and oxygen atoms in total. The van der Waals surface area contributed by atoms with Gasteiger partial charge in [0.15, 0.2) is 0 Å². The Morgan fingerprint density at radius 3 is 2.40 bits per heavy atom. The monoisotopic (exact) mass is 270 g/mol. The van der Waals surface area contributed by atoms with Crippen LogP contribution in [0.25, 0.3) is 0 Å². The Balaban J connectivity index is 1.82. The lowest BCUT2D eigenvalue weighted by Gasteiger charge is -2.11. The van der Waals surface area contributed by atoms with Crippen LogP contribution in [0.2, 0.25) is 0 Å². The van der Waals surface area contributed by atoms with E-state index in [-0.39, 0.29) is 17.7 Å². The first-order chi connectivity index (χ1) is 9.65. The molecule has 0 saturated carbocycles. The number of hydrogen-bond acceptors (Lipinski definition) is 3. The van der Waals surface area contributed by atoms with Crippen LogP contribution in [-0.2, 0) is 4.79 Å². The minimum Gasteiger partial charge on any atom is -0.508 e. The topological polar surface area (TPSA) is 75.4 Å². The van der Waals surface area contributed by atoms with Gasteiger partial charge in [0.25, 0.3) is 0 Å². The molecule has 20 heavy (non-hydrogen) atoms. The number of phenols is 1. The predicted octanol–water partition coefficient (Wildman–Crippen LogP) is 2.81. The number of amides is 1. The number of nitrogens with two attached hydrogens (primary N) is 1. The minimum atomic E-state index is -0.137. The summed E-state index contributed by atoms with van der Waals surface area (Å²) in [4.78, 5) is 11.8. The van der Waals surface area contributed by atoms with Gasteiger partial charge in [-0.1, -0.05) is 30.3 Å². The summed E-state index contributed by atoms with van der Waals surface area (Å²) in [6, 6.07) is 16.0. The van der Waals surface area contributed by atoms with Gasteiger partial charge in [0, 0.05) is 18.2 Å². The molecular weight excluding hydrogens is 252 g/mol. The molecule has 0 aliphatic carbocycles. The zero-order valence-corrected chi connectivity index (χ0v) is 11.1. The molecule has 104 valence electrons. The van der Waals surface area contributed by atoms with Crippen LogP contribution in [0.15, 0.2) is 54.6 Å². The fourth-order valence-corrected chi connectivity index (χ4v) is 1.92. The highest BCUT2D eigenvalue weighted by molar-refractivity contribution is 5.90. The lowest BCUT2D eigenvalue weighted by atomic mass is 10.0. The van der Waals surface area contributed by atoms with E-state index < -0.39 is 0 Å². The summed E-state index contributed by atoms with van der Waals surface area (Å²) >= 11 is 0. The van der Waals surface area contributed by atoms with E-state index in [1.54, 1.807) is 12.1 Å². The number of carbonyl (C=O) groups excluding carboxylic acids is 1. The Morgan fingerprint density at radius 1 is 1.10 bits per heavy atom. The lowest BCUT2D eigenvalue weighted by molar-refractivity contribution is -0.116. The van der Waals surface area contributed by atoms with Crippen molar-refractivity contribution < 1.29 is 9.90 Å². The van der Waals surface area contributed by atoms with Crippen molar-refractivity contribution in [2.24, 2.45) is 5.73 Å². The van der Waals surface area contributed by atoms with Crippen LogP contribution in [0.5, 0.6) is 5.75 Å². The average Bonchev–Trinajstić information content (AvgIpc) is 2.48. The van der Waals surface area contributed by atoms with Gasteiger partial charge < -0.3 is 16.2 Å². The summed E-state index contributed by atoms with van der Waals surface area (Å²) in [5.41, 5.74) is 7.74. The normalized spacial score (nSPS) is 11.8. The van der Waals surface area contributed by atoms with Crippen molar-refractivity contribution in [2.45, 2.75) is 18.9 Å². The van der Waals surface area contributed by atoms with Gasteiger partial charge in [-0.15, -0.1) is 0 Å². The van der Waals surface area contributed by atoms with Gasteiger partial charge in [-0.05, 0) is 36.2 Å². The standard InChI is InChI=1S/C16H18N2O2/c17-15(12-4-2-1-3-5-12)10-11-16(20)18-13-6-8-14(19)9-7-13/h1-9,15,19H,10-11,17H2,(H,18,20). The molecule has 4 heteroatoms. The van der Waals surface area contributed by atoms with E-state index in [9.17, 15) is 4.79 Å². The second kappa shape index (κ2) is 6.73. The Morgan fingerprint density at radius 2 is 1.75 bits per heavy atom. The number of benzene rings is 2. The highest BCUT2D eigenvalue weighted by Gasteiger charge is 2.09. The zero-order valence-electron chi connectivity index (χ0n) is 11.1. The Labute approximate surface area is 118 Å². The summed E-state index contributed by atoms with van der Waals surface area (Å²) in [5.74, 6) is 0.0937. The molecule has 0 aliphatic heterocycles. The largest absolute Gasteiger partial charge is 0.508 e. The van der Waals surface area contributed by atoms with Crippen molar-refractivity contribution in [3.63, 3.8) is 0 Å². The maximum atomic E-state index is 11.8. The molecular formula is C16H18N2O2. The van der Waals surface area contributed by atoms with Crippen LogP contribution in [0.3, 0.4) is 0 Å². The van der Waals surface area contributed by atoms with Gasteiger partial charge in [-0.2, -0.15) is 0 Å². The van der Waals surface area contributed by atoms with Gasteiger partial charge in [0.2, 0.25) is 5.91 Å². The highest BCUT2D eigenvalue weighted by Crippen LogP contribution is 2.17. The van der Waals surface area contributed by atoms with E-state index in [4.69, 9.17) is 10.8 Å². The molecule has 1 unspecified atom stereocenters. The number of anilines is 1. The molecule has 2 aromatic carbocycles. The van der Waals surface area contributed by atoms with Crippen LogP contribution in [0.4, 0.5) is 5.69 Å². The quantitative estimate of drug-likeness (QED) is 0.731. The Hall–Kier alpha value is -2.33. The van der Waals surface area contributed by atoms with E-state index in [0.717, 1.165) is 5.56 Å². The van der Waals surface area contributed by atoms with Gasteiger partial charge >= 0.3 is 0 Å². The third-order valence-electron chi connectivity index (χ3n) is 3.06. The van der Waals surface area contributed by atoms with Gasteiger partial charge in [-0.25, -0.2) is 0 Å². The van der Waals surface area contributed by atoms with Crippen molar-refractivity contribution in [1.29, 1.82) is 0 Å². The van der Waals surface area contributed by atoms with Gasteiger partial charge in [0.05, 0.1) is 0 Å². The number of phenolic OH excluding ortho intramolecular Hbond substituents is 1. The molecule has 2 rings (SSSR count). The van der Waals surface area contributed by atoms with E-state index in [2.05, 4.69) is 5.32 Å². The van der Waals surface area contributed by atoms with E-state index in [0.29, 0.717) is 18.5 Å². The van der Waals surface area contributed by atoms with Crippen molar-refractivity contribution in [3.8, 4) is 5.75 Å². The number of nitrogens with one attached hydrogen (secondary N) is 1. The van der Waals surface area contributed by atoms with Crippen LogP contribution < -0.4 is 11.1 Å². The molecule has 0 radical (unpaired) electrons. The molecule has 0 bridgehead atoms. The number of rotatable bonds is 5. The van der Waals surface area contributed by atoms with Crippen molar-refractivity contribution in [2.75, 3.05) is 5.32 Å². The van der Waals surface area contributed by atoms with E-state index in [1.165, 1.54) is 12.1 Å². The van der Waals surface area contributed by atoms with Gasteiger partial charge in [-0.3, -0.25) is 4.79 Å². The summed E-state index contributed by atoms with van der Waals surface area (Å²) in [7, 11) is 0. The molecule has 1 atom stereocenters. The second-order valence-electron chi connectivity index (χ2n) is 4.65. The zero-order chi connectivity index (χ0) is 14.4. The van der Waals surface area contributed by atoms with Crippen LogP contribution in [0.1, 0.15) is 24.4 Å². The second-order valence-corrected chi connectivity index (χ2v) is 4.65. The van der Waals surface area contributed by atoms with E-state index >= 15 is 0 Å². The molecule has 0 aliphatic rings. The fraction of sp³-hybridized carbons (Fsp3) is 0.188. The number of hydrogen-bond donors (Lipinski definition) is 3. The summed E-state index contributed by atoms with van der Waals surface area (Å²) in [6.07, 6.45) is 0.949. The molecule has 0 saturated heterocycles.